The largest absolute Gasteiger partial charge is 0.508 e. The molecular weight excluding hydrogens is 540 g/mol. The molecule has 0 saturated carbocycles. The summed E-state index contributed by atoms with van der Waals surface area (Å²) in [5, 5.41) is 17.0. The van der Waals surface area contributed by atoms with Crippen molar-refractivity contribution in [1.29, 1.82) is 0 Å². The van der Waals surface area contributed by atoms with Crippen molar-refractivity contribution in [2.75, 3.05) is 37.7 Å². The fraction of sp³-hybridized carbons (Fsp3) is 0.441. The lowest BCUT2D eigenvalue weighted by Crippen LogP contribution is -2.60. The third-order valence-electron chi connectivity index (χ3n) is 10.5. The van der Waals surface area contributed by atoms with Gasteiger partial charge in [0.15, 0.2) is 5.65 Å². The third kappa shape index (κ3) is 3.89. The van der Waals surface area contributed by atoms with Gasteiger partial charge in [-0.1, -0.05) is 18.1 Å². The second-order valence-corrected chi connectivity index (χ2v) is 12.9. The molecule has 9 nitrogen and oxygen atoms in total. The van der Waals surface area contributed by atoms with E-state index in [1.165, 1.54) is 12.8 Å². The lowest BCUT2D eigenvalue weighted by atomic mass is 9.95. The molecule has 2 aromatic carbocycles. The van der Waals surface area contributed by atoms with Crippen molar-refractivity contribution >= 4 is 27.6 Å². The molecule has 5 aliphatic heterocycles. The van der Waals surface area contributed by atoms with E-state index < -0.39 is 0 Å². The van der Waals surface area contributed by atoms with Crippen LogP contribution in [0, 0.1) is 12.3 Å². The molecular formula is C34H34N6O3. The van der Waals surface area contributed by atoms with Crippen molar-refractivity contribution in [1.82, 2.24) is 25.2 Å². The molecule has 2 bridgehead atoms. The summed E-state index contributed by atoms with van der Waals surface area (Å²) >= 11 is 0. The molecule has 4 saturated heterocycles. The van der Waals surface area contributed by atoms with Crippen molar-refractivity contribution in [3.8, 4) is 41.1 Å². The monoisotopic (exact) mass is 574 g/mol. The fourth-order valence-electron chi connectivity index (χ4n) is 8.49. The predicted molar refractivity (Wildman–Crippen MR) is 165 cm³/mol. The second-order valence-electron chi connectivity index (χ2n) is 12.9. The highest BCUT2D eigenvalue weighted by atomic mass is 16.5. The SMILES string of the molecule is C#Cc1cccc2cc(O)cc(-c3cc4c5c(nc(OCC67CCCN6CCC7)nc5n3)N3C[C@H]5CC[C@H](N5)[C@H]3CO4)c12. The van der Waals surface area contributed by atoms with Crippen LogP contribution in [-0.2, 0) is 0 Å². The average molecular weight is 575 g/mol. The maximum Gasteiger partial charge on any atom is 0.320 e. The van der Waals surface area contributed by atoms with E-state index in [9.17, 15) is 5.11 Å². The molecule has 2 N–H and O–H groups in total. The molecule has 7 heterocycles. The maximum atomic E-state index is 10.7. The Morgan fingerprint density at radius 3 is 2.84 bits per heavy atom. The molecule has 2 aromatic heterocycles. The number of terminal acetylenes is 1. The zero-order valence-electron chi connectivity index (χ0n) is 24.1. The topological polar surface area (TPSA) is 95.9 Å². The number of nitrogens with zero attached hydrogens (tertiary/aromatic N) is 5. The molecule has 0 amide bonds. The molecule has 9 heteroatoms. The minimum atomic E-state index is 0.0821. The van der Waals surface area contributed by atoms with E-state index in [0.717, 1.165) is 78.4 Å². The lowest BCUT2D eigenvalue weighted by molar-refractivity contribution is 0.108. The Hall–Kier alpha value is -4.13. The van der Waals surface area contributed by atoms with Gasteiger partial charge in [0.2, 0.25) is 0 Å². The van der Waals surface area contributed by atoms with E-state index in [0.29, 0.717) is 48.4 Å². The summed E-state index contributed by atoms with van der Waals surface area (Å²) in [4.78, 5) is 20.1. The molecule has 9 rings (SSSR count). The van der Waals surface area contributed by atoms with Gasteiger partial charge < -0.3 is 24.8 Å². The normalized spacial score (nSPS) is 25.3. The minimum Gasteiger partial charge on any atom is -0.508 e. The second kappa shape index (κ2) is 9.43. The number of phenolic OH excluding ortho intramolecular Hbond substituents is 1. The molecule has 4 aromatic rings. The van der Waals surface area contributed by atoms with Gasteiger partial charge in [-0.05, 0) is 75.2 Å². The summed E-state index contributed by atoms with van der Waals surface area (Å²) in [5.74, 6) is 4.49. The highest BCUT2D eigenvalue weighted by molar-refractivity contribution is 6.03. The molecule has 218 valence electrons. The number of hydrogen-bond acceptors (Lipinski definition) is 9. The Morgan fingerprint density at radius 2 is 1.98 bits per heavy atom. The quantitative estimate of drug-likeness (QED) is 0.347. The Morgan fingerprint density at radius 1 is 1.09 bits per heavy atom. The molecule has 0 radical (unpaired) electrons. The maximum absolute atomic E-state index is 10.7. The zero-order valence-corrected chi connectivity index (χ0v) is 24.1. The molecule has 0 aliphatic carbocycles. The van der Waals surface area contributed by atoms with Gasteiger partial charge in [-0.3, -0.25) is 4.90 Å². The predicted octanol–water partition coefficient (Wildman–Crippen LogP) is 4.24. The van der Waals surface area contributed by atoms with Gasteiger partial charge in [-0.2, -0.15) is 9.97 Å². The molecule has 4 fully saturated rings. The highest BCUT2D eigenvalue weighted by Gasteiger charge is 2.46. The van der Waals surface area contributed by atoms with Gasteiger partial charge in [0.25, 0.3) is 0 Å². The lowest BCUT2D eigenvalue weighted by Gasteiger charge is -2.40. The van der Waals surface area contributed by atoms with E-state index in [2.05, 4.69) is 21.0 Å². The Kier molecular flexibility index (Phi) is 5.57. The number of fused-ring (bicyclic) bond motifs is 7. The number of ether oxygens (including phenoxy) is 2. The van der Waals surface area contributed by atoms with Crippen molar-refractivity contribution in [2.24, 2.45) is 0 Å². The first-order chi connectivity index (χ1) is 21.1. The van der Waals surface area contributed by atoms with E-state index in [1.807, 2.05) is 24.3 Å². The van der Waals surface area contributed by atoms with Gasteiger partial charge >= 0.3 is 6.01 Å². The van der Waals surface area contributed by atoms with E-state index in [1.54, 1.807) is 12.1 Å². The molecule has 0 unspecified atom stereocenters. The number of phenols is 1. The Balaban J connectivity index is 1.22. The summed E-state index contributed by atoms with van der Waals surface area (Å²) in [6.45, 7) is 4.25. The molecule has 43 heavy (non-hydrogen) atoms. The summed E-state index contributed by atoms with van der Waals surface area (Å²) in [5.41, 5.74) is 2.73. The molecule has 0 spiro atoms. The van der Waals surface area contributed by atoms with Gasteiger partial charge in [0, 0.05) is 41.2 Å². The van der Waals surface area contributed by atoms with Crippen LogP contribution in [0.15, 0.2) is 36.4 Å². The summed E-state index contributed by atoms with van der Waals surface area (Å²) < 4.78 is 13.1. The van der Waals surface area contributed by atoms with E-state index in [4.69, 9.17) is 30.8 Å². The van der Waals surface area contributed by atoms with Crippen LogP contribution in [0.5, 0.6) is 17.5 Å². The first-order valence-electron chi connectivity index (χ1n) is 15.6. The number of rotatable bonds is 4. The van der Waals surface area contributed by atoms with Crippen LogP contribution in [0.25, 0.3) is 33.1 Å². The van der Waals surface area contributed by atoms with Gasteiger partial charge in [-0.25, -0.2) is 4.98 Å². The van der Waals surface area contributed by atoms with Gasteiger partial charge in [-0.15, -0.1) is 6.42 Å². The number of nitrogens with one attached hydrogen (secondary N) is 1. The Labute approximate surface area is 250 Å². The van der Waals surface area contributed by atoms with Crippen molar-refractivity contribution < 1.29 is 14.6 Å². The van der Waals surface area contributed by atoms with Crippen LogP contribution in [0.4, 0.5) is 5.82 Å². The first-order valence-corrected chi connectivity index (χ1v) is 15.6. The molecule has 3 atom stereocenters. The van der Waals surface area contributed by atoms with E-state index >= 15 is 0 Å². The molecule has 5 aliphatic rings. The van der Waals surface area contributed by atoms with Crippen LogP contribution < -0.4 is 19.7 Å². The van der Waals surface area contributed by atoms with Crippen LogP contribution >= 0.6 is 0 Å². The van der Waals surface area contributed by atoms with Crippen molar-refractivity contribution in [3.63, 3.8) is 0 Å². The fourth-order valence-corrected chi connectivity index (χ4v) is 8.49. The van der Waals surface area contributed by atoms with Crippen molar-refractivity contribution in [3.05, 3.63) is 42.0 Å². The van der Waals surface area contributed by atoms with Crippen LogP contribution in [0.1, 0.15) is 44.1 Å². The number of benzene rings is 2. The summed E-state index contributed by atoms with van der Waals surface area (Å²) in [6, 6.07) is 12.5. The number of hydrogen-bond donors (Lipinski definition) is 2. The zero-order chi connectivity index (χ0) is 28.7. The number of pyridine rings is 1. The number of piperazine rings is 1. The number of anilines is 1. The summed E-state index contributed by atoms with van der Waals surface area (Å²) in [7, 11) is 0. The smallest absolute Gasteiger partial charge is 0.320 e. The average Bonchev–Trinajstić information content (AvgIpc) is 3.69. The number of aromatic nitrogens is 3. The third-order valence-corrected chi connectivity index (χ3v) is 10.5. The summed E-state index contributed by atoms with van der Waals surface area (Å²) in [6.07, 6.45) is 12.9. The van der Waals surface area contributed by atoms with Gasteiger partial charge in [0.1, 0.15) is 35.9 Å². The number of aromatic hydroxyl groups is 1. The van der Waals surface area contributed by atoms with E-state index in [-0.39, 0.29) is 17.3 Å². The van der Waals surface area contributed by atoms with Crippen LogP contribution in [0.3, 0.4) is 0 Å². The van der Waals surface area contributed by atoms with Crippen molar-refractivity contribution in [2.45, 2.75) is 62.2 Å². The standard InChI is InChI=1S/C34H34N6O3/c1-2-20-6-3-7-21-14-23(41)15-24(29(20)21)26-16-28-30-31(36-26)37-33(43-19-34-10-4-12-39(34)13-5-11-34)38-32(30)40-17-22-8-9-25(35-22)27(40)18-42-28/h1,3,6-7,14-16,22,25,27,35,41H,4-5,8-13,17-19H2/t22-,25+,27-/m1/s1. The van der Waals surface area contributed by atoms with Gasteiger partial charge in [0.05, 0.1) is 17.3 Å². The van der Waals surface area contributed by atoms with Crippen LogP contribution in [0.2, 0.25) is 0 Å². The minimum absolute atomic E-state index is 0.0821. The first kappa shape index (κ1) is 25.4. The van der Waals surface area contributed by atoms with Crippen LogP contribution in [-0.4, -0.2) is 81.5 Å². The Bertz CT molecular complexity index is 1830. The highest BCUT2D eigenvalue weighted by Crippen LogP contribution is 2.44.